The molecule has 2 nitrogen and oxygen atoms in total. The molecule has 0 bridgehead atoms. The van der Waals surface area contributed by atoms with E-state index in [1.165, 1.54) is 64.2 Å². The van der Waals surface area contributed by atoms with Crippen molar-refractivity contribution in [3.8, 4) is 0 Å². The number of hydrogen-bond donors (Lipinski definition) is 2. The van der Waals surface area contributed by atoms with Gasteiger partial charge in [-0.05, 0) is 60.2 Å². The van der Waals surface area contributed by atoms with E-state index in [1.54, 1.807) is 5.56 Å². The second-order valence-corrected chi connectivity index (χ2v) is 9.06. The lowest BCUT2D eigenvalue weighted by atomic mass is 9.74. The van der Waals surface area contributed by atoms with Crippen LogP contribution in [0, 0.1) is 6.92 Å². The molecule has 2 aliphatic rings. The van der Waals surface area contributed by atoms with E-state index in [9.17, 15) is 0 Å². The largest absolute Gasteiger partial charge is 0.357 e. The molecule has 3 atom stereocenters. The molecule has 0 radical (unpaired) electrons. The van der Waals surface area contributed by atoms with Gasteiger partial charge in [-0.2, -0.15) is 0 Å². The lowest BCUT2D eigenvalue weighted by molar-refractivity contribution is 0.275. The smallest absolute Gasteiger partial charge is 0.0519 e. The molecule has 0 amide bonds. The second-order valence-electron chi connectivity index (χ2n) is 9.06. The van der Waals surface area contributed by atoms with E-state index in [2.05, 4.69) is 77.9 Å². The minimum atomic E-state index is 0.350. The number of rotatable bonds is 2. The Hall–Kier alpha value is -2.58. The maximum atomic E-state index is 4.07. The Morgan fingerprint density at radius 3 is 2.72 bits per heavy atom. The van der Waals surface area contributed by atoms with Crippen molar-refractivity contribution in [1.29, 1.82) is 0 Å². The molecule has 146 valence electrons. The van der Waals surface area contributed by atoms with Gasteiger partial charge in [-0.25, -0.2) is 0 Å². The first-order valence-electron chi connectivity index (χ1n) is 11.1. The summed E-state index contributed by atoms with van der Waals surface area (Å²) in [5.74, 6) is 0.651. The fourth-order valence-electron chi connectivity index (χ4n) is 5.89. The quantitative estimate of drug-likeness (QED) is 0.406. The van der Waals surface area contributed by atoms with Gasteiger partial charge in [0.25, 0.3) is 0 Å². The van der Waals surface area contributed by atoms with Crippen LogP contribution < -0.4 is 5.32 Å². The van der Waals surface area contributed by atoms with Crippen LogP contribution in [0.1, 0.15) is 60.0 Å². The fourth-order valence-corrected chi connectivity index (χ4v) is 5.89. The topological polar surface area (TPSA) is 27.8 Å². The minimum absolute atomic E-state index is 0.350. The molecule has 6 rings (SSSR count). The van der Waals surface area contributed by atoms with E-state index in [0.29, 0.717) is 18.0 Å². The standard InChI is InChI=1S/C27H28N2/c1-17-13-14-24-22(15-17)26-21-11-4-5-12-23(21)28-25(27(26)29-24)16-19-9-6-8-18-7-2-3-10-20(18)19/h2-3,6-10,13-15,21,23,25,28-29H,4-5,11-12,16H2,1H3/t21-,23?,25-/m1/s1. The fraction of sp³-hybridized carbons (Fsp3) is 0.333. The monoisotopic (exact) mass is 380 g/mol. The highest BCUT2D eigenvalue weighted by Gasteiger charge is 2.38. The van der Waals surface area contributed by atoms with Crippen molar-refractivity contribution in [3.63, 3.8) is 0 Å². The molecule has 4 aromatic rings. The number of H-pyrrole nitrogens is 1. The molecule has 29 heavy (non-hydrogen) atoms. The van der Waals surface area contributed by atoms with Crippen molar-refractivity contribution in [2.75, 3.05) is 0 Å². The molecule has 1 saturated carbocycles. The van der Waals surface area contributed by atoms with Crippen LogP contribution >= 0.6 is 0 Å². The summed E-state index contributed by atoms with van der Waals surface area (Å²) in [5, 5.41) is 8.25. The van der Waals surface area contributed by atoms with Crippen molar-refractivity contribution >= 4 is 21.7 Å². The molecule has 0 spiro atoms. The van der Waals surface area contributed by atoms with Crippen LogP contribution in [0.25, 0.3) is 21.7 Å². The van der Waals surface area contributed by atoms with Gasteiger partial charge in [-0.3, -0.25) is 0 Å². The van der Waals surface area contributed by atoms with Gasteiger partial charge in [0.1, 0.15) is 0 Å². The summed E-state index contributed by atoms with van der Waals surface area (Å²) >= 11 is 0. The summed E-state index contributed by atoms with van der Waals surface area (Å²) in [4.78, 5) is 3.83. The number of aromatic nitrogens is 1. The number of benzene rings is 3. The zero-order chi connectivity index (χ0) is 19.4. The van der Waals surface area contributed by atoms with Crippen LogP contribution in [0.5, 0.6) is 0 Å². The zero-order valence-electron chi connectivity index (χ0n) is 17.0. The number of aryl methyl sites for hydroxylation is 1. The molecule has 1 aliphatic heterocycles. The van der Waals surface area contributed by atoms with E-state index < -0.39 is 0 Å². The number of nitrogens with one attached hydrogen (secondary N) is 2. The molecule has 2 heterocycles. The van der Waals surface area contributed by atoms with Crippen LogP contribution in [0.3, 0.4) is 0 Å². The van der Waals surface area contributed by atoms with Crippen molar-refractivity contribution in [2.45, 2.75) is 57.0 Å². The second kappa shape index (κ2) is 6.74. The van der Waals surface area contributed by atoms with Crippen molar-refractivity contribution in [1.82, 2.24) is 10.3 Å². The van der Waals surface area contributed by atoms with E-state index in [-0.39, 0.29) is 0 Å². The Kier molecular flexibility index (Phi) is 4.02. The molecule has 1 fully saturated rings. The summed E-state index contributed by atoms with van der Waals surface area (Å²) in [5.41, 5.74) is 7.14. The van der Waals surface area contributed by atoms with E-state index >= 15 is 0 Å². The normalized spacial score (nSPS) is 23.8. The molecular weight excluding hydrogens is 352 g/mol. The maximum Gasteiger partial charge on any atom is 0.0519 e. The predicted octanol–water partition coefficient (Wildman–Crippen LogP) is 6.54. The van der Waals surface area contributed by atoms with E-state index in [1.807, 2.05) is 0 Å². The molecular formula is C27H28N2. The molecule has 0 saturated heterocycles. The Labute approximate surface area is 172 Å². The van der Waals surface area contributed by atoms with Gasteiger partial charge in [0.15, 0.2) is 0 Å². The molecule has 1 aromatic heterocycles. The van der Waals surface area contributed by atoms with Gasteiger partial charge >= 0.3 is 0 Å². The summed E-state index contributed by atoms with van der Waals surface area (Å²) in [7, 11) is 0. The van der Waals surface area contributed by atoms with Gasteiger partial charge in [-0.1, -0.05) is 66.9 Å². The summed E-state index contributed by atoms with van der Waals surface area (Å²) in [6.07, 6.45) is 6.35. The van der Waals surface area contributed by atoms with Crippen molar-refractivity contribution in [2.24, 2.45) is 0 Å². The minimum Gasteiger partial charge on any atom is -0.357 e. The van der Waals surface area contributed by atoms with E-state index in [0.717, 1.165) is 6.42 Å². The van der Waals surface area contributed by atoms with Crippen molar-refractivity contribution in [3.05, 3.63) is 83.0 Å². The summed E-state index contributed by atoms with van der Waals surface area (Å²) < 4.78 is 0. The van der Waals surface area contributed by atoms with Crippen LogP contribution in [0.4, 0.5) is 0 Å². The Bertz CT molecular complexity index is 1200. The lowest BCUT2D eigenvalue weighted by Crippen LogP contribution is -2.44. The average molecular weight is 381 g/mol. The third-order valence-electron chi connectivity index (χ3n) is 7.23. The van der Waals surface area contributed by atoms with E-state index in [4.69, 9.17) is 0 Å². The molecule has 1 aliphatic carbocycles. The van der Waals surface area contributed by atoms with Crippen LogP contribution in [0.15, 0.2) is 60.7 Å². The van der Waals surface area contributed by atoms with Gasteiger partial charge in [0, 0.05) is 28.6 Å². The number of fused-ring (bicyclic) bond motifs is 6. The Morgan fingerprint density at radius 1 is 0.897 bits per heavy atom. The first-order chi connectivity index (χ1) is 14.3. The third-order valence-corrected chi connectivity index (χ3v) is 7.23. The van der Waals surface area contributed by atoms with Gasteiger partial charge in [-0.15, -0.1) is 0 Å². The third kappa shape index (κ3) is 2.81. The van der Waals surface area contributed by atoms with Crippen molar-refractivity contribution < 1.29 is 0 Å². The first-order valence-corrected chi connectivity index (χ1v) is 11.1. The van der Waals surface area contributed by atoms with Crippen LogP contribution in [-0.2, 0) is 6.42 Å². The van der Waals surface area contributed by atoms with Gasteiger partial charge in [0.2, 0.25) is 0 Å². The van der Waals surface area contributed by atoms with Gasteiger partial charge in [0.05, 0.1) is 6.04 Å². The van der Waals surface area contributed by atoms with Crippen LogP contribution in [-0.4, -0.2) is 11.0 Å². The maximum absolute atomic E-state index is 4.07. The molecule has 3 aromatic carbocycles. The highest BCUT2D eigenvalue weighted by molar-refractivity contribution is 5.87. The highest BCUT2D eigenvalue weighted by atomic mass is 15.0. The number of hydrogen-bond acceptors (Lipinski definition) is 1. The van der Waals surface area contributed by atoms with Crippen LogP contribution in [0.2, 0.25) is 0 Å². The predicted molar refractivity (Wildman–Crippen MR) is 122 cm³/mol. The Morgan fingerprint density at radius 2 is 1.76 bits per heavy atom. The molecule has 1 unspecified atom stereocenters. The summed E-state index contributed by atoms with van der Waals surface area (Å²) in [6.45, 7) is 2.21. The molecule has 2 heteroatoms. The molecule has 2 N–H and O–H groups in total. The van der Waals surface area contributed by atoms with Gasteiger partial charge < -0.3 is 10.3 Å². The first kappa shape index (κ1) is 17.3. The zero-order valence-corrected chi connectivity index (χ0v) is 17.0. The summed E-state index contributed by atoms with van der Waals surface area (Å²) in [6, 6.07) is 23.4. The Balaban J connectivity index is 1.49. The lowest BCUT2D eigenvalue weighted by Gasteiger charge is -2.41. The highest BCUT2D eigenvalue weighted by Crippen LogP contribution is 2.45. The number of aromatic amines is 1. The SMILES string of the molecule is Cc1ccc2[nH]c3c(c2c1)[C@@H]1CCCCC1N[C@@H]3Cc1cccc2ccccc12. The average Bonchev–Trinajstić information content (AvgIpc) is 3.13.